The number of hydrogen-bond donors (Lipinski definition) is 1. The van der Waals surface area contributed by atoms with Gasteiger partial charge in [-0.3, -0.25) is 4.79 Å². The van der Waals surface area contributed by atoms with Gasteiger partial charge in [0.25, 0.3) is 0 Å². The molecule has 1 aliphatic heterocycles. The van der Waals surface area contributed by atoms with Crippen molar-refractivity contribution in [3.63, 3.8) is 0 Å². The first-order chi connectivity index (χ1) is 9.09. The second-order valence-electron chi connectivity index (χ2n) is 4.90. The molecule has 1 N–H and O–H groups in total. The summed E-state index contributed by atoms with van der Waals surface area (Å²) in [7, 11) is 0. The van der Waals surface area contributed by atoms with Crippen LogP contribution in [0.15, 0.2) is 16.6 Å². The number of carbonyl (C=O) groups excluding carboxylic acids is 1. The molecule has 1 fully saturated rings. The van der Waals surface area contributed by atoms with Crippen LogP contribution in [0.2, 0.25) is 5.02 Å². The van der Waals surface area contributed by atoms with E-state index in [-0.39, 0.29) is 16.4 Å². The molecule has 1 unspecified atom stereocenters. The van der Waals surface area contributed by atoms with Crippen LogP contribution in [0.25, 0.3) is 0 Å². The molecule has 0 bridgehead atoms. The predicted octanol–water partition coefficient (Wildman–Crippen LogP) is 4.20. The zero-order valence-electron chi connectivity index (χ0n) is 10.5. The molecule has 1 aromatic carbocycles. The van der Waals surface area contributed by atoms with Crippen LogP contribution in [0.3, 0.4) is 0 Å². The lowest BCUT2D eigenvalue weighted by molar-refractivity contribution is 0.0967. The van der Waals surface area contributed by atoms with E-state index in [1.807, 2.05) is 0 Å². The third kappa shape index (κ3) is 3.77. The van der Waals surface area contributed by atoms with Crippen LogP contribution in [-0.2, 0) is 0 Å². The fraction of sp³-hybridized carbons (Fsp3) is 0.500. The molecule has 0 aliphatic carbocycles. The third-order valence-corrected chi connectivity index (χ3v) is 4.77. The molecular formula is C14H16BrClFNO. The summed E-state index contributed by atoms with van der Waals surface area (Å²) in [6.45, 7) is 2.01. The molecule has 2 nitrogen and oxygen atoms in total. The van der Waals surface area contributed by atoms with E-state index in [9.17, 15) is 9.18 Å². The van der Waals surface area contributed by atoms with Crippen LogP contribution < -0.4 is 5.32 Å². The number of Topliss-reactive ketones (excluding diaryl/α,β-unsaturated/α-hetero) is 1. The number of hydrogen-bond acceptors (Lipinski definition) is 2. The Kier molecular flexibility index (Phi) is 5.37. The van der Waals surface area contributed by atoms with Gasteiger partial charge in [0, 0.05) is 10.9 Å². The van der Waals surface area contributed by atoms with Crippen LogP contribution >= 0.6 is 27.5 Å². The van der Waals surface area contributed by atoms with Gasteiger partial charge >= 0.3 is 0 Å². The Morgan fingerprint density at radius 3 is 3.00 bits per heavy atom. The molecule has 1 heterocycles. The van der Waals surface area contributed by atoms with Gasteiger partial charge in [0.2, 0.25) is 0 Å². The Morgan fingerprint density at radius 1 is 1.53 bits per heavy atom. The number of rotatable bonds is 4. The normalized spacial score (nSPS) is 19.4. The van der Waals surface area contributed by atoms with Gasteiger partial charge in [-0.1, -0.05) is 11.6 Å². The minimum atomic E-state index is -0.622. The van der Waals surface area contributed by atoms with Crippen molar-refractivity contribution >= 4 is 33.3 Å². The highest BCUT2D eigenvalue weighted by Crippen LogP contribution is 2.28. The number of piperidine rings is 1. The van der Waals surface area contributed by atoms with Gasteiger partial charge in [-0.25, -0.2) is 4.39 Å². The summed E-state index contributed by atoms with van der Waals surface area (Å²) in [5.41, 5.74) is 0.0944. The minimum Gasteiger partial charge on any atom is -0.316 e. The van der Waals surface area contributed by atoms with E-state index in [1.54, 1.807) is 6.07 Å². The monoisotopic (exact) mass is 347 g/mol. The first kappa shape index (κ1) is 14.9. The van der Waals surface area contributed by atoms with E-state index < -0.39 is 5.82 Å². The van der Waals surface area contributed by atoms with Crippen molar-refractivity contribution in [1.82, 2.24) is 5.32 Å². The molecule has 5 heteroatoms. The number of carbonyl (C=O) groups is 1. The number of benzene rings is 1. The Bertz CT molecular complexity index is 475. The Balaban J connectivity index is 1.98. The highest BCUT2D eigenvalue weighted by atomic mass is 79.9. The molecule has 104 valence electrons. The van der Waals surface area contributed by atoms with Crippen molar-refractivity contribution in [1.29, 1.82) is 0 Å². The van der Waals surface area contributed by atoms with Gasteiger partial charge in [0.15, 0.2) is 11.6 Å². The van der Waals surface area contributed by atoms with Gasteiger partial charge in [-0.2, -0.15) is 0 Å². The molecule has 1 saturated heterocycles. The highest BCUT2D eigenvalue weighted by molar-refractivity contribution is 9.10. The topological polar surface area (TPSA) is 29.1 Å². The van der Waals surface area contributed by atoms with Crippen LogP contribution in [-0.4, -0.2) is 18.9 Å². The number of ketones is 1. The van der Waals surface area contributed by atoms with E-state index in [2.05, 4.69) is 21.2 Å². The molecule has 0 aromatic heterocycles. The van der Waals surface area contributed by atoms with Crippen molar-refractivity contribution in [3.8, 4) is 0 Å². The van der Waals surface area contributed by atoms with E-state index in [1.165, 1.54) is 6.07 Å². The summed E-state index contributed by atoms with van der Waals surface area (Å²) in [6, 6.07) is 3.10. The van der Waals surface area contributed by atoms with Crippen molar-refractivity contribution < 1.29 is 9.18 Å². The van der Waals surface area contributed by atoms with Gasteiger partial charge in [-0.15, -0.1) is 0 Å². The zero-order valence-corrected chi connectivity index (χ0v) is 12.9. The molecule has 0 spiro atoms. The van der Waals surface area contributed by atoms with Crippen LogP contribution in [0.1, 0.15) is 36.0 Å². The first-order valence-corrected chi connectivity index (χ1v) is 7.64. The SMILES string of the molecule is O=C(CCC1CCCNC1)c1ccc(Br)c(Cl)c1F. The van der Waals surface area contributed by atoms with Crippen molar-refractivity contribution in [2.24, 2.45) is 5.92 Å². The van der Waals surface area contributed by atoms with E-state index in [4.69, 9.17) is 11.6 Å². The van der Waals surface area contributed by atoms with E-state index in [0.717, 1.165) is 32.4 Å². The van der Waals surface area contributed by atoms with Crippen molar-refractivity contribution in [2.75, 3.05) is 13.1 Å². The van der Waals surface area contributed by atoms with Gasteiger partial charge in [0.05, 0.1) is 10.6 Å². The summed E-state index contributed by atoms with van der Waals surface area (Å²) in [5.74, 6) is -0.271. The smallest absolute Gasteiger partial charge is 0.165 e. The summed E-state index contributed by atoms with van der Waals surface area (Å²) in [4.78, 5) is 12.0. The lowest BCUT2D eigenvalue weighted by Crippen LogP contribution is -2.30. The van der Waals surface area contributed by atoms with Crippen LogP contribution in [0, 0.1) is 11.7 Å². The quantitative estimate of drug-likeness (QED) is 0.652. The second kappa shape index (κ2) is 6.82. The van der Waals surface area contributed by atoms with E-state index >= 15 is 0 Å². The summed E-state index contributed by atoms with van der Waals surface area (Å²) >= 11 is 8.93. The maximum atomic E-state index is 13.9. The standard InChI is InChI=1S/C14H16BrClFNO/c15-11-5-4-10(14(17)13(11)16)12(19)6-3-9-2-1-7-18-8-9/h4-5,9,18H,1-3,6-8H2. The Labute approximate surface area is 125 Å². The Hall–Kier alpha value is -0.450. The Morgan fingerprint density at radius 2 is 2.32 bits per heavy atom. The van der Waals surface area contributed by atoms with Gasteiger partial charge in [0.1, 0.15) is 0 Å². The average molecular weight is 349 g/mol. The molecule has 0 radical (unpaired) electrons. The molecular weight excluding hydrogens is 333 g/mol. The maximum absolute atomic E-state index is 13.9. The first-order valence-electron chi connectivity index (χ1n) is 6.47. The number of nitrogens with one attached hydrogen (secondary N) is 1. The lowest BCUT2D eigenvalue weighted by Gasteiger charge is -2.22. The van der Waals surface area contributed by atoms with Gasteiger partial charge < -0.3 is 5.32 Å². The lowest BCUT2D eigenvalue weighted by atomic mass is 9.92. The average Bonchev–Trinajstić information content (AvgIpc) is 2.43. The zero-order chi connectivity index (χ0) is 13.8. The number of halogens is 3. The summed E-state index contributed by atoms with van der Waals surface area (Å²) in [5, 5.41) is 3.29. The minimum absolute atomic E-state index is 0.0230. The third-order valence-electron chi connectivity index (χ3n) is 3.51. The van der Waals surface area contributed by atoms with Crippen LogP contribution in [0.4, 0.5) is 4.39 Å². The largest absolute Gasteiger partial charge is 0.316 e. The van der Waals surface area contributed by atoms with Crippen LogP contribution in [0.5, 0.6) is 0 Å². The molecule has 0 amide bonds. The molecule has 2 rings (SSSR count). The fourth-order valence-electron chi connectivity index (χ4n) is 2.38. The predicted molar refractivity (Wildman–Crippen MR) is 78.3 cm³/mol. The molecule has 1 aromatic rings. The van der Waals surface area contributed by atoms with E-state index in [0.29, 0.717) is 16.8 Å². The van der Waals surface area contributed by atoms with Crippen molar-refractivity contribution in [3.05, 3.63) is 33.0 Å². The molecule has 19 heavy (non-hydrogen) atoms. The summed E-state index contributed by atoms with van der Waals surface area (Å²) in [6.07, 6.45) is 3.47. The molecule has 0 saturated carbocycles. The van der Waals surface area contributed by atoms with Crippen molar-refractivity contribution in [2.45, 2.75) is 25.7 Å². The molecule has 1 aliphatic rings. The maximum Gasteiger partial charge on any atom is 0.165 e. The highest BCUT2D eigenvalue weighted by Gasteiger charge is 2.19. The second-order valence-corrected chi connectivity index (χ2v) is 6.13. The van der Waals surface area contributed by atoms with Gasteiger partial charge in [-0.05, 0) is 66.3 Å². The summed E-state index contributed by atoms with van der Waals surface area (Å²) < 4.78 is 14.4. The molecule has 1 atom stereocenters. The fourth-order valence-corrected chi connectivity index (χ4v) is 2.85.